The van der Waals surface area contributed by atoms with Crippen LogP contribution in [-0.2, 0) is 16.9 Å². The Morgan fingerprint density at radius 3 is 2.53 bits per heavy atom. The third kappa shape index (κ3) is 4.11. The first-order valence-electron chi connectivity index (χ1n) is 11.4. The molecule has 4 rings (SSSR count). The zero-order chi connectivity index (χ0) is 26.2. The van der Waals surface area contributed by atoms with Crippen LogP contribution >= 0.6 is 11.3 Å². The second kappa shape index (κ2) is 9.70. The van der Waals surface area contributed by atoms with E-state index in [9.17, 15) is 19.5 Å². The van der Waals surface area contributed by atoms with E-state index in [0.29, 0.717) is 33.3 Å². The number of aliphatic hydroxyl groups is 1. The van der Waals surface area contributed by atoms with Crippen LogP contribution in [0.15, 0.2) is 46.2 Å². The molecule has 11 nitrogen and oxygen atoms in total. The van der Waals surface area contributed by atoms with Gasteiger partial charge < -0.3 is 15.2 Å². The minimum Gasteiger partial charge on any atom is -0.496 e. The highest BCUT2D eigenvalue weighted by Gasteiger charge is 2.35. The summed E-state index contributed by atoms with van der Waals surface area (Å²) in [5, 5.41) is 23.0. The van der Waals surface area contributed by atoms with Gasteiger partial charge in [0, 0.05) is 17.7 Å². The maximum Gasteiger partial charge on any atom is 0.333 e. The first-order valence-corrected chi connectivity index (χ1v) is 12.2. The molecule has 0 unspecified atom stereocenters. The second-order valence-electron chi connectivity index (χ2n) is 8.74. The fourth-order valence-electron chi connectivity index (χ4n) is 4.19. The maximum atomic E-state index is 13.9. The number of aliphatic hydroxyl groups excluding tert-OH is 1. The molecule has 190 valence electrons. The van der Waals surface area contributed by atoms with Gasteiger partial charge in [0.1, 0.15) is 27.2 Å². The molecule has 12 heteroatoms. The Kier molecular flexibility index (Phi) is 6.83. The van der Waals surface area contributed by atoms with E-state index in [4.69, 9.17) is 4.74 Å². The van der Waals surface area contributed by atoms with Crippen LogP contribution < -0.4 is 21.3 Å². The van der Waals surface area contributed by atoms with Crippen LogP contribution in [0.4, 0.5) is 0 Å². The number of aryl methyl sites for hydroxylation is 1. The molecule has 1 amide bonds. The van der Waals surface area contributed by atoms with E-state index in [1.165, 1.54) is 54.1 Å². The summed E-state index contributed by atoms with van der Waals surface area (Å²) in [7, 11) is 1.50. The predicted molar refractivity (Wildman–Crippen MR) is 136 cm³/mol. The number of amides is 1. The van der Waals surface area contributed by atoms with Crippen molar-refractivity contribution in [2.24, 2.45) is 0 Å². The molecule has 0 aliphatic heterocycles. The van der Waals surface area contributed by atoms with Gasteiger partial charge in [0.15, 0.2) is 0 Å². The summed E-state index contributed by atoms with van der Waals surface area (Å²) < 4.78 is 7.66. The quantitative estimate of drug-likeness (QED) is 0.367. The number of ether oxygens (including phenoxy) is 1. The number of nitrogens with zero attached hydrogens (tertiary/aromatic N) is 5. The van der Waals surface area contributed by atoms with Crippen LogP contribution in [0, 0.1) is 6.92 Å². The van der Waals surface area contributed by atoms with Gasteiger partial charge >= 0.3 is 5.69 Å². The third-order valence-electron chi connectivity index (χ3n) is 6.09. The van der Waals surface area contributed by atoms with Gasteiger partial charge in [-0.05, 0) is 33.8 Å². The molecule has 0 bridgehead atoms. The number of methoxy groups -OCH3 is 1. The third-order valence-corrected chi connectivity index (χ3v) is 7.37. The van der Waals surface area contributed by atoms with Gasteiger partial charge in [0.2, 0.25) is 5.91 Å². The molecule has 0 radical (unpaired) electrons. The Balaban J connectivity index is 2.01. The van der Waals surface area contributed by atoms with Crippen molar-refractivity contribution in [1.82, 2.24) is 29.4 Å². The van der Waals surface area contributed by atoms with Gasteiger partial charge in [0.05, 0.1) is 31.4 Å². The summed E-state index contributed by atoms with van der Waals surface area (Å²) in [5.41, 5.74) is -1.74. The lowest BCUT2D eigenvalue weighted by Crippen LogP contribution is -2.55. The van der Waals surface area contributed by atoms with E-state index < -0.39 is 28.8 Å². The molecule has 0 aliphatic carbocycles. The minimum absolute atomic E-state index is 0.173. The van der Waals surface area contributed by atoms with E-state index in [0.717, 1.165) is 4.57 Å². The second-order valence-corrected chi connectivity index (χ2v) is 9.72. The SMILES string of the molecule is CCNC(=O)C(C)(C)n1c(=O)c2c(C)c(-n3nccn3)sc2n(C[C@H](O)c2ccccc2OC)c1=O. The molecule has 4 aromatic rings. The fourth-order valence-corrected chi connectivity index (χ4v) is 5.41. The van der Waals surface area contributed by atoms with E-state index in [-0.39, 0.29) is 11.9 Å². The number of hydrogen-bond acceptors (Lipinski definition) is 8. The highest BCUT2D eigenvalue weighted by Crippen LogP contribution is 2.32. The van der Waals surface area contributed by atoms with Crippen molar-refractivity contribution >= 4 is 27.5 Å². The Morgan fingerprint density at radius 1 is 1.22 bits per heavy atom. The number of fused-ring (bicyclic) bond motifs is 1. The normalized spacial score (nSPS) is 12.6. The van der Waals surface area contributed by atoms with E-state index in [1.807, 2.05) is 0 Å². The average molecular weight is 513 g/mol. The zero-order valence-electron chi connectivity index (χ0n) is 20.7. The molecule has 3 heterocycles. The highest BCUT2D eigenvalue weighted by atomic mass is 32.1. The van der Waals surface area contributed by atoms with E-state index >= 15 is 0 Å². The Labute approximate surface area is 210 Å². The van der Waals surface area contributed by atoms with Crippen molar-refractivity contribution in [2.75, 3.05) is 13.7 Å². The number of rotatable bonds is 8. The first kappa shape index (κ1) is 25.3. The van der Waals surface area contributed by atoms with E-state index in [2.05, 4.69) is 15.5 Å². The lowest BCUT2D eigenvalue weighted by Gasteiger charge is -2.27. The Hall–Kier alpha value is -3.77. The zero-order valence-corrected chi connectivity index (χ0v) is 21.5. The fraction of sp³-hybridized carbons (Fsp3) is 0.375. The van der Waals surface area contributed by atoms with E-state index in [1.54, 1.807) is 38.1 Å². The van der Waals surface area contributed by atoms with Gasteiger partial charge in [-0.1, -0.05) is 29.5 Å². The predicted octanol–water partition coefficient (Wildman–Crippen LogP) is 1.73. The number of carbonyl (C=O) groups excluding carboxylic acids is 1. The van der Waals surface area contributed by atoms with Crippen molar-refractivity contribution in [3.8, 4) is 10.8 Å². The van der Waals surface area contributed by atoms with Crippen LogP contribution in [0.25, 0.3) is 15.2 Å². The van der Waals surface area contributed by atoms with Crippen LogP contribution in [0.1, 0.15) is 38.0 Å². The van der Waals surface area contributed by atoms with Crippen LogP contribution in [0.3, 0.4) is 0 Å². The number of carbonyl (C=O) groups is 1. The molecule has 0 saturated carbocycles. The van der Waals surface area contributed by atoms with Crippen molar-refractivity contribution in [2.45, 2.75) is 45.9 Å². The number of aromatic nitrogens is 5. The van der Waals surface area contributed by atoms with Gasteiger partial charge in [-0.2, -0.15) is 10.2 Å². The van der Waals surface area contributed by atoms with Crippen molar-refractivity contribution in [3.05, 3.63) is 68.6 Å². The largest absolute Gasteiger partial charge is 0.496 e. The lowest BCUT2D eigenvalue weighted by atomic mass is 10.0. The standard InChI is InChI=1S/C24H28N6O5S/c1-6-25-22(33)24(3,4)29-19(32)18-14(2)20(30-26-11-12-27-30)36-21(18)28(23(29)34)13-16(31)15-9-7-8-10-17(15)35-5/h7-12,16,31H,6,13H2,1-5H3,(H,25,33)/t16-/m0/s1. The number of para-hydroxylation sites is 1. The van der Waals surface area contributed by atoms with Crippen molar-refractivity contribution in [3.63, 3.8) is 0 Å². The summed E-state index contributed by atoms with van der Waals surface area (Å²) in [4.78, 5) is 42.3. The molecule has 1 atom stereocenters. The summed E-state index contributed by atoms with van der Waals surface area (Å²) in [6.45, 7) is 6.71. The van der Waals surface area contributed by atoms with Crippen molar-refractivity contribution < 1.29 is 14.6 Å². The average Bonchev–Trinajstić information content (AvgIpc) is 3.49. The van der Waals surface area contributed by atoms with Gasteiger partial charge in [0.25, 0.3) is 5.56 Å². The Bertz CT molecular complexity index is 1530. The summed E-state index contributed by atoms with van der Waals surface area (Å²) >= 11 is 1.17. The molecule has 3 aromatic heterocycles. The van der Waals surface area contributed by atoms with Crippen LogP contribution in [0.2, 0.25) is 0 Å². The van der Waals surface area contributed by atoms with Gasteiger partial charge in [-0.25, -0.2) is 9.36 Å². The van der Waals surface area contributed by atoms with Gasteiger partial charge in [-0.3, -0.25) is 14.2 Å². The molecule has 0 fully saturated rings. The minimum atomic E-state index is -1.49. The van der Waals surface area contributed by atoms with Gasteiger partial charge in [-0.15, -0.1) is 4.80 Å². The molecule has 1 aromatic carbocycles. The van der Waals surface area contributed by atoms with Crippen LogP contribution in [0.5, 0.6) is 5.75 Å². The number of likely N-dealkylation sites (N-methyl/N-ethyl adjacent to an activating group) is 1. The van der Waals surface area contributed by atoms with Crippen LogP contribution in [-0.4, -0.2) is 48.8 Å². The molecule has 0 saturated heterocycles. The first-order chi connectivity index (χ1) is 17.1. The summed E-state index contributed by atoms with van der Waals surface area (Å²) in [5.74, 6) is -0.00344. The number of thiophene rings is 1. The number of nitrogens with one attached hydrogen (secondary N) is 1. The smallest absolute Gasteiger partial charge is 0.333 e. The Morgan fingerprint density at radius 2 is 1.89 bits per heavy atom. The molecule has 2 N–H and O–H groups in total. The maximum absolute atomic E-state index is 13.9. The number of benzene rings is 1. The lowest BCUT2D eigenvalue weighted by molar-refractivity contribution is -0.128. The molecular weight excluding hydrogens is 484 g/mol. The molecule has 0 aliphatic rings. The molecular formula is C24H28N6O5S. The summed E-state index contributed by atoms with van der Waals surface area (Å²) in [6, 6.07) is 6.96. The molecule has 36 heavy (non-hydrogen) atoms. The highest BCUT2D eigenvalue weighted by molar-refractivity contribution is 7.21. The molecule has 0 spiro atoms. The number of hydrogen-bond donors (Lipinski definition) is 2. The summed E-state index contributed by atoms with van der Waals surface area (Å²) in [6.07, 6.45) is 1.90. The topological polar surface area (TPSA) is 133 Å². The van der Waals surface area contributed by atoms with Crippen molar-refractivity contribution in [1.29, 1.82) is 0 Å². The monoisotopic (exact) mass is 512 g/mol.